The summed E-state index contributed by atoms with van der Waals surface area (Å²) >= 11 is 0. The number of nitrogens with one attached hydrogen (secondary N) is 1. The Labute approximate surface area is 528 Å². The predicted molar refractivity (Wildman–Crippen MR) is 373 cm³/mol. The monoisotopic (exact) mass is 1210 g/mol. The van der Waals surface area contributed by atoms with Crippen LogP contribution in [0.15, 0.2) is 85.1 Å². The highest BCUT2D eigenvalue weighted by Crippen LogP contribution is 2.43. The van der Waals surface area contributed by atoms with Gasteiger partial charge in [-0.15, -0.1) is 0 Å². The average Bonchev–Trinajstić information content (AvgIpc) is 3.48. The largest absolute Gasteiger partial charge is 0.472 e. The molecule has 0 rings (SSSR count). The average molecular weight is 1210 g/mol. The Kier molecular flexibility index (Phi) is 64.3. The van der Waals surface area contributed by atoms with Crippen molar-refractivity contribution in [1.82, 2.24) is 5.32 Å². The zero-order valence-corrected chi connectivity index (χ0v) is 57.7. The van der Waals surface area contributed by atoms with Crippen LogP contribution in [0.2, 0.25) is 0 Å². The molecule has 1 amide bonds. The molecule has 0 aromatic rings. The molecule has 85 heavy (non-hydrogen) atoms. The molecule has 0 aliphatic rings. The molecule has 496 valence electrons. The third kappa shape index (κ3) is 69.0. The van der Waals surface area contributed by atoms with Crippen molar-refractivity contribution >= 4 is 13.7 Å². The van der Waals surface area contributed by atoms with Crippen molar-refractivity contribution in [3.05, 3.63) is 85.1 Å². The summed E-state index contributed by atoms with van der Waals surface area (Å²) in [7, 11) is 1.58. The highest BCUT2D eigenvalue weighted by molar-refractivity contribution is 7.47. The normalized spacial score (nSPS) is 14.1. The van der Waals surface area contributed by atoms with Gasteiger partial charge in [0.1, 0.15) is 13.2 Å². The minimum atomic E-state index is -4.35. The molecule has 0 saturated carbocycles. The number of phosphoric acid groups is 1. The fraction of sp³-hybridized carbons (Fsp3) is 0.803. The van der Waals surface area contributed by atoms with Crippen LogP contribution in [0.1, 0.15) is 341 Å². The first kappa shape index (κ1) is 82.7. The van der Waals surface area contributed by atoms with E-state index in [4.69, 9.17) is 9.05 Å². The summed E-state index contributed by atoms with van der Waals surface area (Å²) in [4.78, 5) is 23.4. The van der Waals surface area contributed by atoms with Gasteiger partial charge in [0, 0.05) is 6.42 Å². The molecule has 0 aliphatic heterocycles. The molecular formula is C76H142N2O6P+. The van der Waals surface area contributed by atoms with E-state index in [2.05, 4.69) is 92.1 Å². The number of aliphatic hydroxyl groups excluding tert-OH is 1. The van der Waals surface area contributed by atoms with Gasteiger partial charge < -0.3 is 19.8 Å². The molecule has 8 nitrogen and oxygen atoms in total. The fourth-order valence-electron chi connectivity index (χ4n) is 10.8. The molecule has 3 N–H and O–H groups in total. The van der Waals surface area contributed by atoms with Crippen LogP contribution in [0.3, 0.4) is 0 Å². The lowest BCUT2D eigenvalue weighted by atomic mass is 10.0. The number of hydrogen-bond acceptors (Lipinski definition) is 5. The number of amides is 1. The fourth-order valence-corrected chi connectivity index (χ4v) is 11.5. The molecule has 0 aromatic heterocycles. The minimum absolute atomic E-state index is 0.0618. The maximum Gasteiger partial charge on any atom is 0.472 e. The molecular weight excluding hydrogens is 1070 g/mol. The quantitative estimate of drug-likeness (QED) is 0.0243. The van der Waals surface area contributed by atoms with Gasteiger partial charge in [-0.25, -0.2) is 4.57 Å². The van der Waals surface area contributed by atoms with Gasteiger partial charge in [-0.1, -0.05) is 349 Å². The summed E-state index contributed by atoms with van der Waals surface area (Å²) in [6.07, 6.45) is 94.6. The third-order valence-electron chi connectivity index (χ3n) is 16.4. The van der Waals surface area contributed by atoms with Gasteiger partial charge in [-0.05, 0) is 70.6 Å². The Hall–Kier alpha value is -2.32. The van der Waals surface area contributed by atoms with Crippen LogP contribution in [0.4, 0.5) is 0 Å². The Bertz CT molecular complexity index is 1660. The second kappa shape index (κ2) is 66.1. The highest BCUT2D eigenvalue weighted by atomic mass is 31.2. The maximum absolute atomic E-state index is 13.1. The van der Waals surface area contributed by atoms with E-state index in [0.717, 1.165) is 77.0 Å². The lowest BCUT2D eigenvalue weighted by Crippen LogP contribution is -2.45. The van der Waals surface area contributed by atoms with Crippen molar-refractivity contribution < 1.29 is 32.9 Å². The topological polar surface area (TPSA) is 105 Å². The van der Waals surface area contributed by atoms with E-state index in [1.165, 1.54) is 244 Å². The van der Waals surface area contributed by atoms with Gasteiger partial charge in [-0.3, -0.25) is 13.8 Å². The lowest BCUT2D eigenvalue weighted by Gasteiger charge is -2.25. The zero-order valence-electron chi connectivity index (χ0n) is 56.8. The Morgan fingerprint density at radius 3 is 1.04 bits per heavy atom. The second-order valence-corrected chi connectivity index (χ2v) is 27.4. The van der Waals surface area contributed by atoms with E-state index in [1.807, 2.05) is 27.2 Å². The molecule has 9 heteroatoms. The summed E-state index contributed by atoms with van der Waals surface area (Å²) in [6.45, 7) is 4.74. The number of unbranched alkanes of at least 4 members (excludes halogenated alkanes) is 42. The number of phosphoric ester groups is 1. The van der Waals surface area contributed by atoms with Gasteiger partial charge in [0.25, 0.3) is 0 Å². The predicted octanol–water partition coefficient (Wildman–Crippen LogP) is 23.5. The van der Waals surface area contributed by atoms with E-state index in [1.54, 1.807) is 6.08 Å². The first-order valence-electron chi connectivity index (χ1n) is 36.5. The van der Waals surface area contributed by atoms with Crippen LogP contribution in [-0.2, 0) is 18.4 Å². The third-order valence-corrected chi connectivity index (χ3v) is 17.4. The van der Waals surface area contributed by atoms with Crippen LogP contribution >= 0.6 is 7.82 Å². The Morgan fingerprint density at radius 2 is 0.706 bits per heavy atom. The molecule has 3 atom stereocenters. The molecule has 0 radical (unpaired) electrons. The van der Waals surface area contributed by atoms with Crippen LogP contribution < -0.4 is 5.32 Å². The van der Waals surface area contributed by atoms with Crippen molar-refractivity contribution in [3.63, 3.8) is 0 Å². The number of hydrogen-bond donors (Lipinski definition) is 3. The van der Waals surface area contributed by atoms with Crippen LogP contribution in [0, 0.1) is 0 Å². The van der Waals surface area contributed by atoms with E-state index in [9.17, 15) is 19.4 Å². The van der Waals surface area contributed by atoms with Crippen LogP contribution in [0.5, 0.6) is 0 Å². The molecule has 0 bridgehead atoms. The summed E-state index contributed by atoms with van der Waals surface area (Å²) < 4.78 is 23.8. The smallest absolute Gasteiger partial charge is 0.387 e. The highest BCUT2D eigenvalue weighted by Gasteiger charge is 2.28. The molecule has 0 spiro atoms. The number of carbonyl (C=O) groups is 1. The molecule has 0 saturated heterocycles. The molecule has 0 heterocycles. The van der Waals surface area contributed by atoms with Crippen LogP contribution in [-0.4, -0.2) is 73.4 Å². The SMILES string of the molecule is CC/C=C\C/C=C\C/C=C\C/C=C\C/C=C\C/C=C\CCCCCCCCCCCCCCCCCCCCCCCCC(=O)NC(COP(=O)(O)OCC[N+](C)(C)C)C(O)/C=C/CCCCCCCCCCCCCCCCCCCCCC. The maximum atomic E-state index is 13.1. The van der Waals surface area contributed by atoms with E-state index in [0.29, 0.717) is 17.4 Å². The second-order valence-electron chi connectivity index (χ2n) is 25.9. The van der Waals surface area contributed by atoms with Crippen molar-refractivity contribution in [2.45, 2.75) is 353 Å². The summed E-state index contributed by atoms with van der Waals surface area (Å²) in [5.41, 5.74) is 0. The Morgan fingerprint density at radius 1 is 0.412 bits per heavy atom. The van der Waals surface area contributed by atoms with Crippen LogP contribution in [0.25, 0.3) is 0 Å². The van der Waals surface area contributed by atoms with Crippen molar-refractivity contribution in [1.29, 1.82) is 0 Å². The minimum Gasteiger partial charge on any atom is -0.387 e. The summed E-state index contributed by atoms with van der Waals surface area (Å²) in [6, 6.07) is -0.849. The van der Waals surface area contributed by atoms with Gasteiger partial charge in [-0.2, -0.15) is 0 Å². The number of quaternary nitrogens is 1. The number of nitrogens with zero attached hydrogens (tertiary/aromatic N) is 1. The number of aliphatic hydroxyl groups is 1. The first-order valence-corrected chi connectivity index (χ1v) is 38.0. The van der Waals surface area contributed by atoms with Crippen molar-refractivity contribution in [2.75, 3.05) is 40.9 Å². The molecule has 0 aromatic carbocycles. The van der Waals surface area contributed by atoms with Gasteiger partial charge >= 0.3 is 7.82 Å². The molecule has 0 fully saturated rings. The van der Waals surface area contributed by atoms with Gasteiger partial charge in [0.2, 0.25) is 5.91 Å². The molecule has 3 unspecified atom stereocenters. The van der Waals surface area contributed by atoms with E-state index >= 15 is 0 Å². The zero-order chi connectivity index (χ0) is 61.9. The van der Waals surface area contributed by atoms with Gasteiger partial charge in [0.05, 0.1) is 39.9 Å². The molecule has 0 aliphatic carbocycles. The number of rotatable bonds is 67. The standard InChI is InChI=1S/C76H141N2O6P/c1-6-8-10-12-14-16-18-20-22-24-26-28-30-31-32-33-34-35-36-37-38-39-40-41-42-43-44-45-46-47-48-50-52-54-56-58-60-62-64-66-68-70-76(80)77-74(73-84-85(81,82)83-72-71-78(3,4)5)75(79)69-67-65-63-61-59-57-55-53-51-49-29-27-25-23-21-19-17-15-13-11-9-7-2/h8,10,14,16,20,22,26,28,31-32,34-35,67,69,74-75,79H,6-7,9,11-13,15,17-19,21,23-25,27,29-30,33,36-66,68,70-73H2,1-5H3,(H-,77,80,81,82)/p+1/b10-8-,16-14-,22-20-,28-26-,32-31-,35-34-,69-67+. The first-order chi connectivity index (χ1) is 41.5. The Balaban J connectivity index is 3.96. The van der Waals surface area contributed by atoms with E-state index < -0.39 is 20.0 Å². The van der Waals surface area contributed by atoms with Crippen molar-refractivity contribution in [3.8, 4) is 0 Å². The van der Waals surface area contributed by atoms with Gasteiger partial charge in [0.15, 0.2) is 0 Å². The summed E-state index contributed by atoms with van der Waals surface area (Å²) in [5, 5.41) is 14.0. The summed E-state index contributed by atoms with van der Waals surface area (Å²) in [5.74, 6) is -0.172. The van der Waals surface area contributed by atoms with Crippen molar-refractivity contribution in [2.24, 2.45) is 0 Å². The number of carbonyl (C=O) groups excluding carboxylic acids is 1. The number of allylic oxidation sites excluding steroid dienone is 13. The van der Waals surface area contributed by atoms with E-state index in [-0.39, 0.29) is 19.1 Å². The lowest BCUT2D eigenvalue weighted by molar-refractivity contribution is -0.870. The number of likely N-dealkylation sites (N-methyl/N-ethyl adjacent to an activating group) is 1.